The average Bonchev–Trinajstić information content (AvgIpc) is 2.19. The van der Waals surface area contributed by atoms with E-state index in [1.165, 1.54) is 24.7 Å². The number of nitrogens with two attached hydrogens (primary N) is 1. The minimum atomic E-state index is -0.390. The predicted molar refractivity (Wildman–Crippen MR) is 49.6 cm³/mol. The Bertz CT molecular complexity index is 441. The third kappa shape index (κ3) is 1.66. The number of aromatic nitrogens is 3. The lowest BCUT2D eigenvalue weighted by Gasteiger charge is -1.99. The fraction of sp³-hybridized carbons (Fsp3) is 0. The van der Waals surface area contributed by atoms with E-state index in [1.807, 2.05) is 0 Å². The van der Waals surface area contributed by atoms with Gasteiger partial charge in [-0.05, 0) is 6.07 Å². The fourth-order valence-corrected chi connectivity index (χ4v) is 1.06. The second kappa shape index (κ2) is 3.37. The lowest BCUT2D eigenvalue weighted by atomic mass is 10.1. The van der Waals surface area contributed by atoms with Crippen molar-refractivity contribution in [2.24, 2.45) is 0 Å². The van der Waals surface area contributed by atoms with Crippen LogP contribution in [-0.2, 0) is 0 Å². The molecule has 14 heavy (non-hydrogen) atoms. The summed E-state index contributed by atoms with van der Waals surface area (Å²) < 4.78 is 12.8. The Balaban J connectivity index is 2.44. The van der Waals surface area contributed by atoms with Gasteiger partial charge in [-0.1, -0.05) is 0 Å². The van der Waals surface area contributed by atoms with Gasteiger partial charge in [0, 0.05) is 29.7 Å². The predicted octanol–water partition coefficient (Wildman–Crippen LogP) is 1.26. The molecule has 2 aromatic rings. The van der Waals surface area contributed by atoms with Gasteiger partial charge in [-0.2, -0.15) is 0 Å². The maximum atomic E-state index is 12.8. The summed E-state index contributed by atoms with van der Waals surface area (Å²) in [7, 11) is 0. The van der Waals surface area contributed by atoms with Crippen molar-refractivity contribution in [3.63, 3.8) is 0 Å². The van der Waals surface area contributed by atoms with E-state index in [9.17, 15) is 4.39 Å². The molecule has 0 saturated carbocycles. The summed E-state index contributed by atoms with van der Waals surface area (Å²) in [5.41, 5.74) is 6.64. The third-order valence-electron chi connectivity index (χ3n) is 1.71. The van der Waals surface area contributed by atoms with Gasteiger partial charge in [-0.15, -0.1) is 0 Å². The molecule has 0 atom stereocenters. The molecule has 0 amide bonds. The van der Waals surface area contributed by atoms with Crippen molar-refractivity contribution in [2.45, 2.75) is 0 Å². The van der Waals surface area contributed by atoms with Gasteiger partial charge in [0.15, 0.2) is 0 Å². The number of anilines is 1. The van der Waals surface area contributed by atoms with Crippen molar-refractivity contribution in [1.29, 1.82) is 0 Å². The Morgan fingerprint density at radius 2 is 1.71 bits per heavy atom. The molecule has 0 bridgehead atoms. The second-order valence-electron chi connectivity index (χ2n) is 2.72. The Kier molecular flexibility index (Phi) is 2.06. The van der Waals surface area contributed by atoms with Crippen LogP contribution in [0.4, 0.5) is 10.3 Å². The molecule has 4 nitrogen and oxygen atoms in total. The largest absolute Gasteiger partial charge is 0.368 e. The van der Waals surface area contributed by atoms with E-state index >= 15 is 0 Å². The van der Waals surface area contributed by atoms with Crippen LogP contribution >= 0.6 is 0 Å². The van der Waals surface area contributed by atoms with E-state index in [4.69, 9.17) is 5.73 Å². The molecule has 0 spiro atoms. The van der Waals surface area contributed by atoms with Gasteiger partial charge in [-0.25, -0.2) is 14.4 Å². The summed E-state index contributed by atoms with van der Waals surface area (Å²) in [6.45, 7) is 0. The maximum Gasteiger partial charge on any atom is 0.219 e. The molecule has 0 aliphatic carbocycles. The molecular weight excluding hydrogens is 183 g/mol. The first-order valence-corrected chi connectivity index (χ1v) is 3.94. The average molecular weight is 190 g/mol. The molecule has 0 aliphatic heterocycles. The van der Waals surface area contributed by atoms with Crippen LogP contribution in [0.25, 0.3) is 11.1 Å². The Morgan fingerprint density at radius 3 is 2.36 bits per heavy atom. The van der Waals surface area contributed by atoms with Crippen molar-refractivity contribution in [3.05, 3.63) is 36.7 Å². The highest BCUT2D eigenvalue weighted by Crippen LogP contribution is 2.16. The van der Waals surface area contributed by atoms with Gasteiger partial charge in [0.25, 0.3) is 0 Å². The first-order valence-electron chi connectivity index (χ1n) is 3.94. The molecule has 5 heteroatoms. The number of nitrogen functional groups attached to an aromatic ring is 1. The smallest absolute Gasteiger partial charge is 0.219 e. The topological polar surface area (TPSA) is 64.7 Å². The monoisotopic (exact) mass is 190 g/mol. The highest BCUT2D eigenvalue weighted by Gasteiger charge is 2.00. The van der Waals surface area contributed by atoms with E-state index in [0.717, 1.165) is 6.20 Å². The highest BCUT2D eigenvalue weighted by molar-refractivity contribution is 5.60. The molecule has 2 rings (SSSR count). The van der Waals surface area contributed by atoms with Crippen LogP contribution in [-0.4, -0.2) is 15.0 Å². The quantitative estimate of drug-likeness (QED) is 0.735. The first kappa shape index (κ1) is 8.55. The minimum Gasteiger partial charge on any atom is -0.368 e. The number of hydrogen-bond donors (Lipinski definition) is 1. The summed E-state index contributed by atoms with van der Waals surface area (Å²) in [5, 5.41) is 0. The molecule has 0 unspecified atom stereocenters. The zero-order valence-corrected chi connectivity index (χ0v) is 7.18. The molecule has 2 aromatic heterocycles. The summed E-state index contributed by atoms with van der Waals surface area (Å²) in [6.07, 6.45) is 5.73. The van der Waals surface area contributed by atoms with Crippen molar-refractivity contribution in [3.8, 4) is 11.1 Å². The van der Waals surface area contributed by atoms with Crippen molar-refractivity contribution >= 4 is 5.95 Å². The maximum absolute atomic E-state index is 12.8. The fourth-order valence-electron chi connectivity index (χ4n) is 1.06. The van der Waals surface area contributed by atoms with E-state index in [1.54, 1.807) is 0 Å². The van der Waals surface area contributed by atoms with Crippen LogP contribution < -0.4 is 5.73 Å². The SMILES string of the molecule is Nc1ncc(-c2cncc(F)c2)cn1. The van der Waals surface area contributed by atoms with Crippen molar-refractivity contribution < 1.29 is 4.39 Å². The van der Waals surface area contributed by atoms with Gasteiger partial charge >= 0.3 is 0 Å². The zero-order valence-electron chi connectivity index (χ0n) is 7.18. The molecule has 0 aliphatic rings. The van der Waals surface area contributed by atoms with Crippen LogP contribution in [0.15, 0.2) is 30.9 Å². The number of hydrogen-bond acceptors (Lipinski definition) is 4. The normalized spacial score (nSPS) is 10.1. The highest BCUT2D eigenvalue weighted by atomic mass is 19.1. The van der Waals surface area contributed by atoms with Crippen molar-refractivity contribution in [2.75, 3.05) is 5.73 Å². The number of nitrogens with zero attached hydrogens (tertiary/aromatic N) is 3. The van der Waals surface area contributed by atoms with Crippen LogP contribution in [0, 0.1) is 5.82 Å². The number of rotatable bonds is 1. The summed E-state index contributed by atoms with van der Waals surface area (Å²) in [5.74, 6) is -0.197. The van der Waals surface area contributed by atoms with Gasteiger partial charge in [-0.3, -0.25) is 4.98 Å². The van der Waals surface area contributed by atoms with Crippen LogP contribution in [0.1, 0.15) is 0 Å². The molecule has 0 fully saturated rings. The van der Waals surface area contributed by atoms with E-state index < -0.39 is 0 Å². The van der Waals surface area contributed by atoms with E-state index in [2.05, 4.69) is 15.0 Å². The van der Waals surface area contributed by atoms with Crippen molar-refractivity contribution in [1.82, 2.24) is 15.0 Å². The summed E-state index contributed by atoms with van der Waals surface area (Å²) in [4.78, 5) is 11.3. The van der Waals surface area contributed by atoms with Gasteiger partial charge in [0.1, 0.15) is 5.82 Å². The summed E-state index contributed by atoms with van der Waals surface area (Å²) >= 11 is 0. The standard InChI is InChI=1S/C9H7FN4/c10-8-1-6(2-12-5-8)7-3-13-9(11)14-4-7/h1-5H,(H2,11,13,14). The lowest BCUT2D eigenvalue weighted by molar-refractivity contribution is 0.622. The van der Waals surface area contributed by atoms with Gasteiger partial charge in [0.05, 0.1) is 6.20 Å². The van der Waals surface area contributed by atoms with Gasteiger partial charge in [0.2, 0.25) is 5.95 Å². The van der Waals surface area contributed by atoms with E-state index in [0.29, 0.717) is 11.1 Å². The first-order chi connectivity index (χ1) is 6.75. The summed E-state index contributed by atoms with van der Waals surface area (Å²) in [6, 6.07) is 1.36. The number of pyridine rings is 1. The molecule has 0 aromatic carbocycles. The Morgan fingerprint density at radius 1 is 1.00 bits per heavy atom. The third-order valence-corrected chi connectivity index (χ3v) is 1.71. The second-order valence-corrected chi connectivity index (χ2v) is 2.72. The van der Waals surface area contributed by atoms with E-state index in [-0.39, 0.29) is 11.8 Å². The molecule has 0 saturated heterocycles. The van der Waals surface area contributed by atoms with Gasteiger partial charge < -0.3 is 5.73 Å². The molecule has 70 valence electrons. The number of halogens is 1. The molecule has 2 N–H and O–H groups in total. The Hall–Kier alpha value is -2.04. The minimum absolute atomic E-state index is 0.193. The molecule has 2 heterocycles. The van der Waals surface area contributed by atoms with Crippen LogP contribution in [0.5, 0.6) is 0 Å². The lowest BCUT2D eigenvalue weighted by Crippen LogP contribution is -1.93. The van der Waals surface area contributed by atoms with Crippen LogP contribution in [0.3, 0.4) is 0 Å². The van der Waals surface area contributed by atoms with Crippen LogP contribution in [0.2, 0.25) is 0 Å². The molecule has 0 radical (unpaired) electrons. The Labute approximate surface area is 79.7 Å². The molecular formula is C9H7FN4. The zero-order chi connectivity index (χ0) is 9.97.